The summed E-state index contributed by atoms with van der Waals surface area (Å²) in [5, 5.41) is 17.3. The monoisotopic (exact) mass is 336 g/mol. The van der Waals surface area contributed by atoms with Crippen LogP contribution in [0.2, 0.25) is 5.02 Å². The molecule has 0 spiro atoms. The number of halogens is 1. The summed E-state index contributed by atoms with van der Waals surface area (Å²) in [5.74, 6) is 0.793. The Balaban J connectivity index is 1.89. The van der Waals surface area contributed by atoms with Crippen molar-refractivity contribution in [3.05, 3.63) is 59.4 Å². The Bertz CT molecular complexity index is 1040. The Kier molecular flexibility index (Phi) is 2.77. The van der Waals surface area contributed by atoms with Gasteiger partial charge in [-0.2, -0.15) is 5.10 Å². The predicted molar refractivity (Wildman–Crippen MR) is 96.6 cm³/mol. The first kappa shape index (κ1) is 13.7. The van der Waals surface area contributed by atoms with Crippen LogP contribution in [0.4, 0.5) is 5.69 Å². The van der Waals surface area contributed by atoms with E-state index in [-0.39, 0.29) is 6.73 Å². The molecule has 118 valence electrons. The molecule has 5 nitrogen and oxygen atoms in total. The van der Waals surface area contributed by atoms with Crippen LogP contribution in [0.1, 0.15) is 0 Å². The van der Waals surface area contributed by atoms with Crippen molar-refractivity contribution in [1.29, 1.82) is 0 Å². The van der Waals surface area contributed by atoms with E-state index < -0.39 is 0 Å². The van der Waals surface area contributed by atoms with Crippen LogP contribution in [0.15, 0.2) is 59.5 Å². The molecule has 0 saturated heterocycles. The summed E-state index contributed by atoms with van der Waals surface area (Å²) in [7, 11) is 0. The maximum Gasteiger partial charge on any atom is 0.154 e. The molecular formula is C18H13ClN4O. The number of fused-ring (bicyclic) bond motifs is 7. The van der Waals surface area contributed by atoms with Crippen molar-refractivity contribution >= 4 is 40.7 Å². The number of hydrogen-bond acceptors (Lipinski definition) is 4. The number of hydrogen-bond donors (Lipinski definition) is 1. The molecule has 0 unspecified atom stereocenters. The quantitative estimate of drug-likeness (QED) is 0.736. The van der Waals surface area contributed by atoms with Gasteiger partial charge in [0.1, 0.15) is 13.1 Å². The van der Waals surface area contributed by atoms with Crippen LogP contribution in [-0.4, -0.2) is 27.8 Å². The minimum Gasteiger partial charge on any atom is -0.374 e. The standard InChI is InChI=1S/C18H13ClN4O/c19-13-6-5-12-7-17-14-3-1-2-4-15(14)22-10-20-23(11-24)18(22)9-21(17)16(12)8-13/h1-10,24H,11H2. The summed E-state index contributed by atoms with van der Waals surface area (Å²) in [6.07, 6.45) is 3.71. The van der Waals surface area contributed by atoms with E-state index >= 15 is 0 Å². The highest BCUT2D eigenvalue weighted by atomic mass is 35.5. The summed E-state index contributed by atoms with van der Waals surface area (Å²) >= 11 is 6.21. The van der Waals surface area contributed by atoms with Gasteiger partial charge in [0.2, 0.25) is 0 Å². The number of benzene rings is 2. The number of para-hydroxylation sites is 1. The number of aliphatic hydroxyl groups excluding tert-OH is 1. The van der Waals surface area contributed by atoms with Crippen molar-refractivity contribution in [1.82, 2.24) is 9.58 Å². The fourth-order valence-corrected chi connectivity index (χ4v) is 3.50. The molecule has 0 radical (unpaired) electrons. The second-order valence-electron chi connectivity index (χ2n) is 5.75. The molecule has 2 aromatic carbocycles. The van der Waals surface area contributed by atoms with Crippen molar-refractivity contribution in [3.63, 3.8) is 0 Å². The van der Waals surface area contributed by atoms with Gasteiger partial charge in [-0.3, -0.25) is 4.90 Å². The highest BCUT2D eigenvalue weighted by Gasteiger charge is 2.28. The topological polar surface area (TPSA) is 44.0 Å². The van der Waals surface area contributed by atoms with E-state index in [0.29, 0.717) is 5.02 Å². The molecule has 0 bridgehead atoms. The summed E-state index contributed by atoms with van der Waals surface area (Å²) in [6, 6.07) is 16.2. The smallest absolute Gasteiger partial charge is 0.154 e. The van der Waals surface area contributed by atoms with Gasteiger partial charge >= 0.3 is 0 Å². The van der Waals surface area contributed by atoms with Crippen molar-refractivity contribution < 1.29 is 5.11 Å². The summed E-state index contributed by atoms with van der Waals surface area (Å²) in [5.41, 5.74) is 4.22. The third kappa shape index (κ3) is 1.76. The minimum absolute atomic E-state index is 0.184. The molecule has 0 fully saturated rings. The molecule has 6 heteroatoms. The highest BCUT2D eigenvalue weighted by Crippen LogP contribution is 2.41. The summed E-state index contributed by atoms with van der Waals surface area (Å²) in [4.78, 5) is 1.98. The number of hydrazone groups is 1. The van der Waals surface area contributed by atoms with E-state index in [0.717, 1.165) is 33.7 Å². The minimum atomic E-state index is -0.184. The number of aromatic nitrogens is 1. The Morgan fingerprint density at radius 3 is 2.83 bits per heavy atom. The normalized spacial score (nSPS) is 15.2. The number of rotatable bonds is 1. The number of aliphatic hydroxyl groups is 1. The molecule has 0 aliphatic carbocycles. The van der Waals surface area contributed by atoms with Gasteiger partial charge < -0.3 is 9.67 Å². The lowest BCUT2D eigenvalue weighted by atomic mass is 10.1. The Labute approximate surface area is 143 Å². The maximum atomic E-state index is 9.62. The molecular weight excluding hydrogens is 324 g/mol. The SMILES string of the molecule is OCN1N=CN2C1=Cn1c(cc3ccc(Cl)cc31)-c1ccccc12. The van der Waals surface area contributed by atoms with Crippen LogP contribution in [0.25, 0.3) is 28.4 Å². The highest BCUT2D eigenvalue weighted by molar-refractivity contribution is 6.31. The second kappa shape index (κ2) is 4.87. The van der Waals surface area contributed by atoms with Crippen LogP contribution in [-0.2, 0) is 0 Å². The van der Waals surface area contributed by atoms with Crippen LogP contribution in [0.5, 0.6) is 0 Å². The van der Waals surface area contributed by atoms with Crippen molar-refractivity contribution in [2.45, 2.75) is 0 Å². The maximum absolute atomic E-state index is 9.62. The Hall–Kier alpha value is -2.76. The zero-order valence-electron chi connectivity index (χ0n) is 12.6. The largest absolute Gasteiger partial charge is 0.374 e. The molecule has 0 amide bonds. The summed E-state index contributed by atoms with van der Waals surface area (Å²) in [6.45, 7) is -0.184. The number of anilines is 1. The second-order valence-corrected chi connectivity index (χ2v) is 6.19. The predicted octanol–water partition coefficient (Wildman–Crippen LogP) is 3.75. The third-order valence-electron chi connectivity index (χ3n) is 4.44. The van der Waals surface area contributed by atoms with E-state index in [9.17, 15) is 5.11 Å². The number of nitrogens with zero attached hydrogens (tertiary/aromatic N) is 4. The Morgan fingerprint density at radius 1 is 1.08 bits per heavy atom. The van der Waals surface area contributed by atoms with Gasteiger partial charge in [-0.1, -0.05) is 35.9 Å². The first-order valence-corrected chi connectivity index (χ1v) is 7.97. The lowest BCUT2D eigenvalue weighted by molar-refractivity contribution is 0.149. The van der Waals surface area contributed by atoms with Gasteiger partial charge in [0, 0.05) is 16.0 Å². The van der Waals surface area contributed by atoms with Crippen LogP contribution in [0, 0.1) is 0 Å². The molecule has 24 heavy (non-hydrogen) atoms. The Morgan fingerprint density at radius 2 is 1.96 bits per heavy atom. The zero-order valence-corrected chi connectivity index (χ0v) is 13.4. The fourth-order valence-electron chi connectivity index (χ4n) is 3.34. The van der Waals surface area contributed by atoms with Gasteiger partial charge in [0.25, 0.3) is 0 Å². The van der Waals surface area contributed by atoms with Gasteiger partial charge in [0.05, 0.1) is 23.1 Å². The van der Waals surface area contributed by atoms with Crippen molar-refractivity contribution in [2.75, 3.05) is 11.6 Å². The van der Waals surface area contributed by atoms with E-state index in [1.807, 2.05) is 41.4 Å². The lowest BCUT2D eigenvalue weighted by Gasteiger charge is -2.20. The molecule has 3 heterocycles. The van der Waals surface area contributed by atoms with Crippen molar-refractivity contribution in [3.8, 4) is 11.3 Å². The van der Waals surface area contributed by atoms with Gasteiger partial charge in [0.15, 0.2) is 5.82 Å². The molecule has 2 aliphatic rings. The van der Waals surface area contributed by atoms with Crippen molar-refractivity contribution in [2.24, 2.45) is 5.10 Å². The van der Waals surface area contributed by atoms with Crippen LogP contribution < -0.4 is 4.90 Å². The molecule has 1 N–H and O–H groups in total. The van der Waals surface area contributed by atoms with E-state index in [2.05, 4.69) is 27.9 Å². The molecule has 0 atom stereocenters. The van der Waals surface area contributed by atoms with Crippen LogP contribution >= 0.6 is 11.6 Å². The zero-order chi connectivity index (χ0) is 16.3. The molecule has 1 aromatic heterocycles. The molecule has 3 aromatic rings. The van der Waals surface area contributed by atoms with Crippen LogP contribution in [0.3, 0.4) is 0 Å². The first-order valence-electron chi connectivity index (χ1n) is 7.60. The molecule has 2 aliphatic heterocycles. The third-order valence-corrected chi connectivity index (χ3v) is 4.67. The lowest BCUT2D eigenvalue weighted by Crippen LogP contribution is -2.24. The van der Waals surface area contributed by atoms with Gasteiger partial charge in [-0.25, -0.2) is 5.01 Å². The summed E-state index contributed by atoms with van der Waals surface area (Å²) < 4.78 is 2.10. The van der Waals surface area contributed by atoms with E-state index in [1.54, 1.807) is 11.3 Å². The average molecular weight is 337 g/mol. The van der Waals surface area contributed by atoms with E-state index in [1.165, 1.54) is 0 Å². The first-order chi connectivity index (χ1) is 11.8. The van der Waals surface area contributed by atoms with Gasteiger partial charge in [-0.15, -0.1) is 0 Å². The van der Waals surface area contributed by atoms with E-state index in [4.69, 9.17) is 11.6 Å². The van der Waals surface area contributed by atoms with Gasteiger partial charge in [-0.05, 0) is 24.3 Å². The molecule has 0 saturated carbocycles. The average Bonchev–Trinajstić information content (AvgIpc) is 3.13. The molecule has 5 rings (SSSR count). The fraction of sp³-hybridized carbons (Fsp3) is 0.0556.